The molecule has 2 rings (SSSR count). The predicted molar refractivity (Wildman–Crippen MR) is 74.5 cm³/mol. The molecule has 2 aromatic rings. The van der Waals surface area contributed by atoms with Gasteiger partial charge in [-0.1, -0.05) is 24.3 Å². The molecule has 1 heterocycles. The lowest BCUT2D eigenvalue weighted by Gasteiger charge is -2.06. The van der Waals surface area contributed by atoms with Gasteiger partial charge in [-0.2, -0.15) is 0 Å². The smallest absolute Gasteiger partial charge is 0.257 e. The van der Waals surface area contributed by atoms with Gasteiger partial charge in [0.15, 0.2) is 0 Å². The predicted octanol–water partition coefficient (Wildman–Crippen LogP) is 2.16. The van der Waals surface area contributed by atoms with Crippen LogP contribution in [0.3, 0.4) is 0 Å². The highest BCUT2D eigenvalue weighted by molar-refractivity contribution is 7.19. The van der Waals surface area contributed by atoms with Crippen LogP contribution in [0.4, 0.5) is 10.3 Å². The minimum Gasteiger partial charge on any atom is -0.494 e. The van der Waals surface area contributed by atoms with Crippen molar-refractivity contribution in [3.05, 3.63) is 29.8 Å². The fourth-order valence-corrected chi connectivity index (χ4v) is 1.91. The third kappa shape index (κ3) is 3.65. The Bertz CT molecular complexity index is 570. The Hall–Kier alpha value is -2.15. The van der Waals surface area contributed by atoms with Crippen molar-refractivity contribution in [2.75, 3.05) is 17.7 Å². The monoisotopic (exact) mass is 278 g/mol. The first-order valence-corrected chi connectivity index (χ1v) is 6.64. The fourth-order valence-electron chi connectivity index (χ4n) is 1.40. The van der Waals surface area contributed by atoms with E-state index in [1.807, 2.05) is 13.0 Å². The molecule has 0 aliphatic carbocycles. The Morgan fingerprint density at radius 3 is 3.00 bits per heavy atom. The van der Waals surface area contributed by atoms with Crippen LogP contribution in [0.1, 0.15) is 23.7 Å². The lowest BCUT2D eigenvalue weighted by Crippen LogP contribution is -2.11. The highest BCUT2D eigenvalue weighted by atomic mass is 32.1. The largest absolute Gasteiger partial charge is 0.494 e. The van der Waals surface area contributed by atoms with Gasteiger partial charge < -0.3 is 10.5 Å². The van der Waals surface area contributed by atoms with E-state index in [1.54, 1.807) is 18.2 Å². The first kappa shape index (κ1) is 13.3. The first-order chi connectivity index (χ1) is 9.19. The van der Waals surface area contributed by atoms with Crippen LogP contribution in [0, 0.1) is 0 Å². The number of nitrogen functional groups attached to an aromatic ring is 1. The summed E-state index contributed by atoms with van der Waals surface area (Å²) in [6.45, 7) is 2.65. The second kappa shape index (κ2) is 6.14. The second-order valence-electron chi connectivity index (χ2n) is 3.78. The molecule has 19 heavy (non-hydrogen) atoms. The number of hydrogen-bond acceptors (Lipinski definition) is 6. The summed E-state index contributed by atoms with van der Waals surface area (Å²) in [6, 6.07) is 6.98. The molecule has 0 spiro atoms. The number of nitrogens with two attached hydrogens (primary N) is 1. The van der Waals surface area contributed by atoms with Crippen molar-refractivity contribution < 1.29 is 9.53 Å². The van der Waals surface area contributed by atoms with Crippen LogP contribution in [-0.4, -0.2) is 22.7 Å². The summed E-state index contributed by atoms with van der Waals surface area (Å²) in [5.41, 5.74) is 5.95. The summed E-state index contributed by atoms with van der Waals surface area (Å²) in [7, 11) is 0. The summed E-state index contributed by atoms with van der Waals surface area (Å²) in [5, 5.41) is 10.7. The number of benzene rings is 1. The summed E-state index contributed by atoms with van der Waals surface area (Å²) in [4.78, 5) is 12.0. The molecule has 0 atom stereocenters. The van der Waals surface area contributed by atoms with Gasteiger partial charge in [0.2, 0.25) is 10.3 Å². The minimum atomic E-state index is -0.266. The van der Waals surface area contributed by atoms with Gasteiger partial charge in [-0.3, -0.25) is 10.1 Å². The number of amides is 1. The number of hydrogen-bond donors (Lipinski definition) is 2. The summed E-state index contributed by atoms with van der Waals surface area (Å²) < 4.78 is 5.47. The van der Waals surface area contributed by atoms with Crippen molar-refractivity contribution in [2.24, 2.45) is 0 Å². The van der Waals surface area contributed by atoms with Gasteiger partial charge in [-0.15, -0.1) is 10.2 Å². The molecule has 7 heteroatoms. The zero-order chi connectivity index (χ0) is 13.7. The van der Waals surface area contributed by atoms with Crippen LogP contribution in [0.15, 0.2) is 24.3 Å². The van der Waals surface area contributed by atoms with Crippen LogP contribution in [0.5, 0.6) is 5.75 Å². The molecule has 0 saturated carbocycles. The van der Waals surface area contributed by atoms with Gasteiger partial charge >= 0.3 is 0 Å². The van der Waals surface area contributed by atoms with E-state index in [4.69, 9.17) is 10.5 Å². The van der Waals surface area contributed by atoms with E-state index in [-0.39, 0.29) is 5.91 Å². The lowest BCUT2D eigenvalue weighted by molar-refractivity contribution is 0.102. The fraction of sp³-hybridized carbons (Fsp3) is 0.250. The van der Waals surface area contributed by atoms with E-state index in [2.05, 4.69) is 15.5 Å². The zero-order valence-corrected chi connectivity index (χ0v) is 11.2. The standard InChI is InChI=1S/C12H14N4O2S/c1-2-6-18-9-5-3-4-8(7-9)10(17)14-12-16-15-11(13)19-12/h3-5,7H,2,6H2,1H3,(H2,13,15)(H,14,16,17). The van der Waals surface area contributed by atoms with Crippen molar-refractivity contribution >= 4 is 27.5 Å². The van der Waals surface area contributed by atoms with Gasteiger partial charge in [0.25, 0.3) is 5.91 Å². The van der Waals surface area contributed by atoms with Gasteiger partial charge in [-0.05, 0) is 24.6 Å². The molecular weight excluding hydrogens is 264 g/mol. The molecule has 1 aromatic heterocycles. The Morgan fingerprint density at radius 2 is 2.32 bits per heavy atom. The molecule has 0 saturated heterocycles. The maximum absolute atomic E-state index is 12.0. The van der Waals surface area contributed by atoms with Crippen LogP contribution >= 0.6 is 11.3 Å². The van der Waals surface area contributed by atoms with E-state index < -0.39 is 0 Å². The Morgan fingerprint density at radius 1 is 1.47 bits per heavy atom. The Balaban J connectivity index is 2.06. The van der Waals surface area contributed by atoms with E-state index in [0.717, 1.165) is 17.8 Å². The van der Waals surface area contributed by atoms with Gasteiger partial charge in [0.05, 0.1) is 6.61 Å². The number of rotatable bonds is 5. The number of ether oxygens (including phenoxy) is 1. The van der Waals surface area contributed by atoms with Gasteiger partial charge in [-0.25, -0.2) is 0 Å². The number of carbonyl (C=O) groups excluding carboxylic acids is 1. The van der Waals surface area contributed by atoms with E-state index in [9.17, 15) is 4.79 Å². The van der Waals surface area contributed by atoms with Crippen LogP contribution in [0.2, 0.25) is 0 Å². The number of anilines is 2. The van der Waals surface area contributed by atoms with Gasteiger partial charge in [0.1, 0.15) is 5.75 Å². The highest BCUT2D eigenvalue weighted by Gasteiger charge is 2.10. The summed E-state index contributed by atoms with van der Waals surface area (Å²) in [5.74, 6) is 0.407. The molecule has 100 valence electrons. The molecule has 0 bridgehead atoms. The molecule has 0 unspecified atom stereocenters. The topological polar surface area (TPSA) is 90.1 Å². The highest BCUT2D eigenvalue weighted by Crippen LogP contribution is 2.19. The first-order valence-electron chi connectivity index (χ1n) is 5.82. The van der Waals surface area contributed by atoms with Crippen molar-refractivity contribution in [3.8, 4) is 5.75 Å². The maximum Gasteiger partial charge on any atom is 0.257 e. The van der Waals surface area contributed by atoms with E-state index >= 15 is 0 Å². The molecule has 0 aliphatic rings. The van der Waals surface area contributed by atoms with Gasteiger partial charge in [0, 0.05) is 5.56 Å². The maximum atomic E-state index is 12.0. The van der Waals surface area contributed by atoms with E-state index in [0.29, 0.717) is 28.2 Å². The molecule has 0 fully saturated rings. The van der Waals surface area contributed by atoms with Crippen molar-refractivity contribution in [3.63, 3.8) is 0 Å². The van der Waals surface area contributed by atoms with Crippen LogP contribution in [-0.2, 0) is 0 Å². The number of nitrogens with one attached hydrogen (secondary N) is 1. The van der Waals surface area contributed by atoms with Crippen LogP contribution in [0.25, 0.3) is 0 Å². The Labute approximate surface area is 114 Å². The molecule has 6 nitrogen and oxygen atoms in total. The molecule has 0 radical (unpaired) electrons. The Kier molecular flexibility index (Phi) is 4.30. The summed E-state index contributed by atoms with van der Waals surface area (Å²) in [6.07, 6.45) is 0.917. The molecule has 1 amide bonds. The third-order valence-corrected chi connectivity index (χ3v) is 2.90. The molecule has 0 aliphatic heterocycles. The van der Waals surface area contributed by atoms with E-state index in [1.165, 1.54) is 0 Å². The summed E-state index contributed by atoms with van der Waals surface area (Å²) >= 11 is 1.12. The van der Waals surface area contributed by atoms with Crippen molar-refractivity contribution in [2.45, 2.75) is 13.3 Å². The number of nitrogens with zero attached hydrogens (tertiary/aromatic N) is 2. The minimum absolute atomic E-state index is 0.266. The molecule has 1 aromatic carbocycles. The van der Waals surface area contributed by atoms with Crippen LogP contribution < -0.4 is 15.8 Å². The third-order valence-electron chi connectivity index (χ3n) is 2.23. The van der Waals surface area contributed by atoms with Crippen molar-refractivity contribution in [1.82, 2.24) is 10.2 Å². The number of aromatic nitrogens is 2. The normalized spacial score (nSPS) is 10.2. The zero-order valence-electron chi connectivity index (χ0n) is 10.4. The SMILES string of the molecule is CCCOc1cccc(C(=O)Nc2nnc(N)s2)c1. The quantitative estimate of drug-likeness (QED) is 0.874. The molecular formula is C12H14N4O2S. The molecule has 3 N–H and O–H groups in total. The second-order valence-corrected chi connectivity index (χ2v) is 4.78. The average Bonchev–Trinajstić information content (AvgIpc) is 2.82. The van der Waals surface area contributed by atoms with Crippen molar-refractivity contribution in [1.29, 1.82) is 0 Å². The average molecular weight is 278 g/mol. The lowest BCUT2D eigenvalue weighted by atomic mass is 10.2. The number of carbonyl (C=O) groups is 1.